The Kier molecular flexibility index (Phi) is 5.79. The first-order valence-corrected chi connectivity index (χ1v) is 11.2. The Morgan fingerprint density at radius 2 is 1.75 bits per heavy atom. The van der Waals surface area contributed by atoms with Gasteiger partial charge in [0.15, 0.2) is 0 Å². The lowest BCUT2D eigenvalue weighted by molar-refractivity contribution is -0.139. The summed E-state index contributed by atoms with van der Waals surface area (Å²) in [6.07, 6.45) is 12.0. The second-order valence-electron chi connectivity index (χ2n) is 9.13. The van der Waals surface area contributed by atoms with Crippen LogP contribution in [0.2, 0.25) is 0 Å². The van der Waals surface area contributed by atoms with Gasteiger partial charge in [-0.2, -0.15) is 0 Å². The molecule has 3 aliphatic rings. The van der Waals surface area contributed by atoms with Crippen molar-refractivity contribution < 1.29 is 14.0 Å². The van der Waals surface area contributed by atoms with Crippen LogP contribution in [-0.4, -0.2) is 47.3 Å². The fraction of sp³-hybridized carbons (Fsp3) is 0.739. The van der Waals surface area contributed by atoms with E-state index < -0.39 is 0 Å². The van der Waals surface area contributed by atoms with Crippen LogP contribution in [0.4, 0.5) is 0 Å². The van der Waals surface area contributed by atoms with Crippen LogP contribution in [0, 0.1) is 24.7 Å². The van der Waals surface area contributed by atoms with Crippen LogP contribution in [0.5, 0.6) is 0 Å². The van der Waals surface area contributed by atoms with Crippen molar-refractivity contribution in [3.05, 3.63) is 23.7 Å². The van der Waals surface area contributed by atoms with Crippen LogP contribution in [0.1, 0.15) is 74.2 Å². The lowest BCUT2D eigenvalue weighted by Crippen LogP contribution is -2.50. The Balaban J connectivity index is 1.35. The molecule has 3 fully saturated rings. The Morgan fingerprint density at radius 3 is 2.32 bits per heavy atom. The molecule has 0 bridgehead atoms. The molecule has 0 aromatic carbocycles. The van der Waals surface area contributed by atoms with Gasteiger partial charge in [0.25, 0.3) is 5.91 Å². The SMILES string of the molecule is CCCN(C(=O)C1CC[C@@H]2C[C@@H]2CC1)C1CCN(C(=O)c2cocc2C)CC1. The van der Waals surface area contributed by atoms with Gasteiger partial charge in [0, 0.05) is 31.6 Å². The van der Waals surface area contributed by atoms with Crippen molar-refractivity contribution >= 4 is 11.8 Å². The number of likely N-dealkylation sites (tertiary alicyclic amines) is 1. The maximum atomic E-state index is 13.3. The molecule has 2 heterocycles. The first kappa shape index (κ1) is 19.5. The predicted octanol–water partition coefficient (Wildman–Crippen LogP) is 4.26. The Morgan fingerprint density at radius 1 is 1.07 bits per heavy atom. The fourth-order valence-electron chi connectivity index (χ4n) is 5.32. The average molecular weight is 387 g/mol. The average Bonchev–Trinajstić information content (AvgIpc) is 3.37. The van der Waals surface area contributed by atoms with E-state index in [9.17, 15) is 9.59 Å². The topological polar surface area (TPSA) is 53.8 Å². The zero-order chi connectivity index (χ0) is 19.7. The fourth-order valence-corrected chi connectivity index (χ4v) is 5.32. The zero-order valence-corrected chi connectivity index (χ0v) is 17.4. The van der Waals surface area contributed by atoms with Crippen molar-refractivity contribution in [2.45, 2.75) is 71.3 Å². The van der Waals surface area contributed by atoms with E-state index in [2.05, 4.69) is 11.8 Å². The zero-order valence-electron chi connectivity index (χ0n) is 17.4. The molecule has 2 amide bonds. The highest BCUT2D eigenvalue weighted by atomic mass is 16.3. The molecule has 3 atom stereocenters. The molecule has 1 aliphatic heterocycles. The molecule has 0 spiro atoms. The molecule has 28 heavy (non-hydrogen) atoms. The number of hydrogen-bond acceptors (Lipinski definition) is 3. The van der Waals surface area contributed by atoms with E-state index >= 15 is 0 Å². The second-order valence-corrected chi connectivity index (χ2v) is 9.13. The summed E-state index contributed by atoms with van der Waals surface area (Å²) in [4.78, 5) is 30.2. The summed E-state index contributed by atoms with van der Waals surface area (Å²) < 4.78 is 5.17. The summed E-state index contributed by atoms with van der Waals surface area (Å²) in [5, 5.41) is 0. The van der Waals surface area contributed by atoms with Crippen LogP contribution >= 0.6 is 0 Å². The number of amides is 2. The molecule has 0 radical (unpaired) electrons. The smallest absolute Gasteiger partial charge is 0.257 e. The van der Waals surface area contributed by atoms with E-state index in [1.165, 1.54) is 19.3 Å². The van der Waals surface area contributed by atoms with Crippen molar-refractivity contribution in [1.29, 1.82) is 0 Å². The maximum absolute atomic E-state index is 13.3. The summed E-state index contributed by atoms with van der Waals surface area (Å²) in [5.41, 5.74) is 1.55. The summed E-state index contributed by atoms with van der Waals surface area (Å²) in [7, 11) is 0. The van der Waals surface area contributed by atoms with E-state index in [-0.39, 0.29) is 17.9 Å². The minimum atomic E-state index is 0.0565. The minimum Gasteiger partial charge on any atom is -0.471 e. The Hall–Kier alpha value is -1.78. The van der Waals surface area contributed by atoms with Gasteiger partial charge in [-0.05, 0) is 75.7 Å². The first-order chi connectivity index (χ1) is 13.6. The highest BCUT2D eigenvalue weighted by molar-refractivity contribution is 5.95. The molecule has 1 aromatic rings. The van der Waals surface area contributed by atoms with Crippen molar-refractivity contribution in [3.8, 4) is 0 Å². The van der Waals surface area contributed by atoms with Crippen LogP contribution in [-0.2, 0) is 4.79 Å². The summed E-state index contributed by atoms with van der Waals surface area (Å²) >= 11 is 0. The first-order valence-electron chi connectivity index (χ1n) is 11.2. The van der Waals surface area contributed by atoms with Gasteiger partial charge in [0.1, 0.15) is 6.26 Å². The Labute approximate surface area is 168 Å². The van der Waals surface area contributed by atoms with Crippen molar-refractivity contribution in [2.24, 2.45) is 17.8 Å². The van der Waals surface area contributed by atoms with E-state index in [0.717, 1.165) is 69.1 Å². The van der Waals surface area contributed by atoms with Crippen LogP contribution in [0.3, 0.4) is 0 Å². The van der Waals surface area contributed by atoms with Crippen LogP contribution in [0.25, 0.3) is 0 Å². The normalized spacial score (nSPS) is 27.8. The molecule has 1 saturated heterocycles. The van der Waals surface area contributed by atoms with Gasteiger partial charge in [-0.25, -0.2) is 0 Å². The van der Waals surface area contributed by atoms with Gasteiger partial charge in [0.05, 0.1) is 11.8 Å². The summed E-state index contributed by atoms with van der Waals surface area (Å²) in [5.74, 6) is 2.50. The lowest BCUT2D eigenvalue weighted by Gasteiger charge is -2.40. The number of rotatable bonds is 5. The molecule has 0 N–H and O–H groups in total. The second kappa shape index (κ2) is 8.30. The van der Waals surface area contributed by atoms with Gasteiger partial charge < -0.3 is 14.2 Å². The van der Waals surface area contributed by atoms with E-state index in [1.807, 2.05) is 11.8 Å². The number of hydrogen-bond donors (Lipinski definition) is 0. The molecular formula is C23H34N2O3. The van der Waals surface area contributed by atoms with Gasteiger partial charge in [-0.3, -0.25) is 9.59 Å². The van der Waals surface area contributed by atoms with E-state index in [4.69, 9.17) is 4.42 Å². The number of aryl methyl sites for hydroxylation is 1. The summed E-state index contributed by atoms with van der Waals surface area (Å²) in [6, 6.07) is 0.278. The maximum Gasteiger partial charge on any atom is 0.257 e. The number of carbonyl (C=O) groups excluding carboxylic acids is 2. The molecule has 2 aliphatic carbocycles. The van der Waals surface area contributed by atoms with Crippen LogP contribution < -0.4 is 0 Å². The van der Waals surface area contributed by atoms with Gasteiger partial charge in [0.2, 0.25) is 5.91 Å². The molecule has 5 nitrogen and oxygen atoms in total. The standard InChI is InChI=1S/C23H34N2O3/c1-3-10-25(22(26)17-4-6-18-13-19(18)7-5-17)20-8-11-24(12-9-20)23(27)21-15-28-14-16(21)2/h14-15,17-20H,3-13H2,1-2H3/t17?,18-,19+. The molecule has 1 aromatic heterocycles. The number of furan rings is 1. The third-order valence-electron chi connectivity index (χ3n) is 7.22. The van der Waals surface area contributed by atoms with Crippen molar-refractivity contribution in [2.75, 3.05) is 19.6 Å². The highest BCUT2D eigenvalue weighted by Gasteiger charge is 2.42. The molecule has 2 saturated carbocycles. The largest absolute Gasteiger partial charge is 0.471 e. The van der Waals surface area contributed by atoms with E-state index in [0.29, 0.717) is 11.5 Å². The minimum absolute atomic E-state index is 0.0565. The van der Waals surface area contributed by atoms with Crippen LogP contribution in [0.15, 0.2) is 16.9 Å². The molecule has 154 valence electrons. The number of nitrogens with zero attached hydrogens (tertiary/aromatic N) is 2. The summed E-state index contributed by atoms with van der Waals surface area (Å²) in [6.45, 7) is 6.35. The molecule has 5 heteroatoms. The van der Waals surface area contributed by atoms with Crippen molar-refractivity contribution in [3.63, 3.8) is 0 Å². The third-order valence-corrected chi connectivity index (χ3v) is 7.22. The predicted molar refractivity (Wildman–Crippen MR) is 108 cm³/mol. The number of carbonyl (C=O) groups is 2. The quantitative estimate of drug-likeness (QED) is 0.760. The third kappa shape index (κ3) is 3.99. The highest BCUT2D eigenvalue weighted by Crippen LogP contribution is 2.49. The number of fused-ring (bicyclic) bond motifs is 1. The van der Waals surface area contributed by atoms with Gasteiger partial charge >= 0.3 is 0 Å². The Bertz CT molecular complexity index is 692. The van der Waals surface area contributed by atoms with Crippen molar-refractivity contribution in [1.82, 2.24) is 9.80 Å². The molecular weight excluding hydrogens is 352 g/mol. The monoisotopic (exact) mass is 386 g/mol. The molecule has 1 unspecified atom stereocenters. The lowest BCUT2D eigenvalue weighted by atomic mass is 9.94. The van der Waals surface area contributed by atoms with Gasteiger partial charge in [-0.1, -0.05) is 6.92 Å². The number of piperidine rings is 1. The van der Waals surface area contributed by atoms with Gasteiger partial charge in [-0.15, -0.1) is 0 Å². The van der Waals surface area contributed by atoms with E-state index in [1.54, 1.807) is 12.5 Å². The molecule has 4 rings (SSSR count).